The fourth-order valence-corrected chi connectivity index (χ4v) is 5.08. The van der Waals surface area contributed by atoms with Gasteiger partial charge in [-0.15, -0.1) is 0 Å². The zero-order valence-electron chi connectivity index (χ0n) is 19.9. The summed E-state index contributed by atoms with van der Waals surface area (Å²) in [6.45, 7) is 7.84. The molecule has 1 aliphatic carbocycles. The molecule has 7 heteroatoms. The van der Waals surface area contributed by atoms with Crippen molar-refractivity contribution in [3.05, 3.63) is 47.7 Å². The molecule has 1 saturated heterocycles. The number of nitrogens with one attached hydrogen (secondary N) is 1. The molecule has 2 fully saturated rings. The van der Waals surface area contributed by atoms with E-state index in [-0.39, 0.29) is 11.8 Å². The molecular weight excluding hydrogens is 416 g/mol. The van der Waals surface area contributed by atoms with Crippen molar-refractivity contribution >= 4 is 11.8 Å². The standard InChI is InChI=1S/C26H38N4O3/c1-2-14-30(26(32)21-8-3-4-9-21)19-22-10-7-17-29(22)20-23-11-12-24(33-23)25(31)27-13-18-28-15-5-6-16-28/h7,10-12,17,21H,2-6,8-9,13-16,18-20H2,1H3,(H,27,31). The summed E-state index contributed by atoms with van der Waals surface area (Å²) < 4.78 is 7.96. The van der Waals surface area contributed by atoms with Crippen LogP contribution in [0.3, 0.4) is 0 Å². The topological polar surface area (TPSA) is 70.7 Å². The highest BCUT2D eigenvalue weighted by Gasteiger charge is 2.27. The number of aromatic nitrogens is 1. The molecule has 0 unspecified atom stereocenters. The summed E-state index contributed by atoms with van der Waals surface area (Å²) in [5, 5.41) is 2.96. The minimum absolute atomic E-state index is 0.163. The van der Waals surface area contributed by atoms with Crippen LogP contribution in [0.25, 0.3) is 0 Å². The Labute approximate surface area is 197 Å². The molecule has 4 rings (SSSR count). The molecule has 3 heterocycles. The van der Waals surface area contributed by atoms with Gasteiger partial charge in [-0.25, -0.2) is 0 Å². The summed E-state index contributed by atoms with van der Waals surface area (Å²) in [6, 6.07) is 7.69. The van der Waals surface area contributed by atoms with Crippen LogP contribution in [0, 0.1) is 5.92 Å². The number of rotatable bonds is 11. The third-order valence-electron chi connectivity index (χ3n) is 6.91. The van der Waals surface area contributed by atoms with Gasteiger partial charge >= 0.3 is 0 Å². The summed E-state index contributed by atoms with van der Waals surface area (Å²) >= 11 is 0. The maximum absolute atomic E-state index is 13.0. The molecule has 180 valence electrons. The molecule has 7 nitrogen and oxygen atoms in total. The Balaban J connectivity index is 1.32. The Hall–Kier alpha value is -2.54. The van der Waals surface area contributed by atoms with Crippen LogP contribution in [0.1, 0.15) is 73.9 Å². The van der Waals surface area contributed by atoms with Crippen molar-refractivity contribution in [2.24, 2.45) is 5.92 Å². The van der Waals surface area contributed by atoms with Gasteiger partial charge in [-0.3, -0.25) is 9.59 Å². The number of likely N-dealkylation sites (tertiary alicyclic amines) is 1. The predicted octanol–water partition coefficient (Wildman–Crippen LogP) is 3.88. The Kier molecular flexibility index (Phi) is 8.26. The molecule has 2 amide bonds. The van der Waals surface area contributed by atoms with E-state index in [0.29, 0.717) is 31.3 Å². The monoisotopic (exact) mass is 454 g/mol. The van der Waals surface area contributed by atoms with Crippen molar-refractivity contribution in [2.75, 3.05) is 32.7 Å². The third-order valence-corrected chi connectivity index (χ3v) is 6.91. The molecular formula is C26H38N4O3. The van der Waals surface area contributed by atoms with E-state index in [2.05, 4.69) is 27.8 Å². The van der Waals surface area contributed by atoms with Crippen molar-refractivity contribution in [2.45, 2.75) is 65.0 Å². The van der Waals surface area contributed by atoms with Crippen molar-refractivity contribution in [1.29, 1.82) is 0 Å². The first-order valence-corrected chi connectivity index (χ1v) is 12.7. The molecule has 0 atom stereocenters. The van der Waals surface area contributed by atoms with Gasteiger partial charge in [0.1, 0.15) is 5.76 Å². The fraction of sp³-hybridized carbons (Fsp3) is 0.615. The van der Waals surface area contributed by atoms with Crippen LogP contribution >= 0.6 is 0 Å². The van der Waals surface area contributed by atoms with Crippen LogP contribution in [0.4, 0.5) is 0 Å². The summed E-state index contributed by atoms with van der Waals surface area (Å²) in [5.74, 6) is 1.42. The van der Waals surface area contributed by atoms with E-state index in [1.54, 1.807) is 6.07 Å². The molecule has 0 aromatic carbocycles. The number of nitrogens with zero attached hydrogens (tertiary/aromatic N) is 3. The molecule has 2 aliphatic rings. The Morgan fingerprint density at radius 3 is 2.67 bits per heavy atom. The van der Waals surface area contributed by atoms with Crippen LogP contribution in [0.2, 0.25) is 0 Å². The van der Waals surface area contributed by atoms with Crippen LogP contribution in [-0.4, -0.2) is 58.9 Å². The van der Waals surface area contributed by atoms with Gasteiger partial charge in [-0.2, -0.15) is 0 Å². The number of carbonyl (C=O) groups is 2. The van der Waals surface area contributed by atoms with E-state index in [1.165, 1.54) is 25.7 Å². The minimum atomic E-state index is -0.163. The van der Waals surface area contributed by atoms with E-state index < -0.39 is 0 Å². The zero-order valence-corrected chi connectivity index (χ0v) is 19.9. The van der Waals surface area contributed by atoms with Gasteiger partial charge < -0.3 is 24.1 Å². The molecule has 33 heavy (non-hydrogen) atoms. The lowest BCUT2D eigenvalue weighted by molar-refractivity contribution is -0.136. The number of furan rings is 1. The van der Waals surface area contributed by atoms with Gasteiger partial charge in [-0.1, -0.05) is 19.8 Å². The smallest absolute Gasteiger partial charge is 0.287 e. The molecule has 2 aromatic rings. The van der Waals surface area contributed by atoms with Gasteiger partial charge in [-0.05, 0) is 69.5 Å². The SMILES string of the molecule is CCCN(Cc1cccn1Cc1ccc(C(=O)NCCN2CCCC2)o1)C(=O)C1CCCC1. The molecule has 0 radical (unpaired) electrons. The molecule has 1 N–H and O–H groups in total. The third kappa shape index (κ3) is 6.28. The molecule has 1 aliphatic heterocycles. The number of carbonyl (C=O) groups excluding carboxylic acids is 2. The maximum Gasteiger partial charge on any atom is 0.287 e. The summed E-state index contributed by atoms with van der Waals surface area (Å²) in [5.41, 5.74) is 1.09. The fourth-order valence-electron chi connectivity index (χ4n) is 5.08. The average Bonchev–Trinajstić information content (AvgIpc) is 3.61. The second kappa shape index (κ2) is 11.5. The summed E-state index contributed by atoms with van der Waals surface area (Å²) in [7, 11) is 0. The summed E-state index contributed by atoms with van der Waals surface area (Å²) in [6.07, 6.45) is 9.85. The highest BCUT2D eigenvalue weighted by Crippen LogP contribution is 2.27. The van der Waals surface area contributed by atoms with Crippen molar-refractivity contribution in [3.8, 4) is 0 Å². The van der Waals surface area contributed by atoms with Crippen molar-refractivity contribution in [1.82, 2.24) is 19.7 Å². The van der Waals surface area contributed by atoms with E-state index in [1.807, 2.05) is 23.2 Å². The first-order chi connectivity index (χ1) is 16.1. The first kappa shape index (κ1) is 23.6. The zero-order chi connectivity index (χ0) is 23.0. The number of hydrogen-bond donors (Lipinski definition) is 1. The van der Waals surface area contributed by atoms with Gasteiger partial charge in [0.2, 0.25) is 5.91 Å². The molecule has 1 saturated carbocycles. The molecule has 0 spiro atoms. The van der Waals surface area contributed by atoms with Crippen molar-refractivity contribution in [3.63, 3.8) is 0 Å². The first-order valence-electron chi connectivity index (χ1n) is 12.7. The Morgan fingerprint density at radius 2 is 1.91 bits per heavy atom. The Morgan fingerprint density at radius 1 is 1.12 bits per heavy atom. The van der Waals surface area contributed by atoms with Gasteiger partial charge in [0.15, 0.2) is 5.76 Å². The van der Waals surface area contributed by atoms with Gasteiger partial charge in [0, 0.05) is 37.4 Å². The lowest BCUT2D eigenvalue weighted by Gasteiger charge is -2.26. The number of amides is 2. The molecule has 0 bridgehead atoms. The van der Waals surface area contributed by atoms with Crippen LogP contribution in [0.15, 0.2) is 34.9 Å². The van der Waals surface area contributed by atoms with E-state index in [4.69, 9.17) is 4.42 Å². The highest BCUT2D eigenvalue weighted by molar-refractivity contribution is 5.91. The largest absolute Gasteiger partial charge is 0.454 e. The van der Waals surface area contributed by atoms with Crippen LogP contribution < -0.4 is 5.32 Å². The summed E-state index contributed by atoms with van der Waals surface area (Å²) in [4.78, 5) is 29.9. The van der Waals surface area contributed by atoms with Crippen LogP contribution in [-0.2, 0) is 17.9 Å². The Bertz CT molecular complexity index is 906. The molecule has 2 aromatic heterocycles. The second-order valence-electron chi connectivity index (χ2n) is 9.44. The van der Waals surface area contributed by atoms with E-state index in [9.17, 15) is 9.59 Å². The second-order valence-corrected chi connectivity index (χ2v) is 9.44. The maximum atomic E-state index is 13.0. The highest BCUT2D eigenvalue weighted by atomic mass is 16.4. The normalized spacial score (nSPS) is 17.0. The predicted molar refractivity (Wildman–Crippen MR) is 128 cm³/mol. The van der Waals surface area contributed by atoms with Crippen LogP contribution in [0.5, 0.6) is 0 Å². The average molecular weight is 455 g/mol. The minimum Gasteiger partial charge on any atom is -0.454 e. The van der Waals surface area contributed by atoms with Gasteiger partial charge in [0.05, 0.1) is 13.1 Å². The van der Waals surface area contributed by atoms with E-state index in [0.717, 1.165) is 56.9 Å². The lowest BCUT2D eigenvalue weighted by atomic mass is 10.1. The van der Waals surface area contributed by atoms with Crippen molar-refractivity contribution < 1.29 is 14.0 Å². The number of hydrogen-bond acceptors (Lipinski definition) is 4. The van der Waals surface area contributed by atoms with Gasteiger partial charge in [0.25, 0.3) is 5.91 Å². The lowest BCUT2D eigenvalue weighted by Crippen LogP contribution is -2.36. The quantitative estimate of drug-likeness (QED) is 0.559. The van der Waals surface area contributed by atoms with E-state index >= 15 is 0 Å².